The Hall–Kier alpha value is 0.620. The minimum Gasteiger partial charge on any atom is -0.338 e. The fourth-order valence-corrected chi connectivity index (χ4v) is 4.21. The summed E-state index contributed by atoms with van der Waals surface area (Å²) in [6, 6.07) is 0. The first kappa shape index (κ1) is 16.7. The molecule has 1 saturated carbocycles. The number of allylic oxidation sites excluding steroid dienone is 1. The predicted molar refractivity (Wildman–Crippen MR) is 84.2 cm³/mol. The Morgan fingerprint density at radius 2 is 2.28 bits per heavy atom. The van der Waals surface area contributed by atoms with Crippen LogP contribution in [0.2, 0.25) is 0 Å². The molecule has 0 spiro atoms. The van der Waals surface area contributed by atoms with E-state index >= 15 is 0 Å². The van der Waals surface area contributed by atoms with E-state index in [1.54, 1.807) is 0 Å². The smallest absolute Gasteiger partial charge is 0.241 e. The van der Waals surface area contributed by atoms with Gasteiger partial charge in [0.25, 0.3) is 0 Å². The average Bonchev–Trinajstić information content (AvgIpc) is 2.24. The Balaban J connectivity index is 2.84. The molecule has 0 radical (unpaired) electrons. The summed E-state index contributed by atoms with van der Waals surface area (Å²) < 4.78 is 5.53. The third kappa shape index (κ3) is 4.95. The van der Waals surface area contributed by atoms with Crippen LogP contribution in [0.15, 0.2) is 12.2 Å². The Kier molecular flexibility index (Phi) is 6.36. The molecule has 0 amide bonds. The van der Waals surface area contributed by atoms with Crippen molar-refractivity contribution in [2.75, 3.05) is 6.54 Å². The molecule has 1 fully saturated rings. The van der Waals surface area contributed by atoms with Crippen LogP contribution in [0.25, 0.3) is 0 Å². The summed E-state index contributed by atoms with van der Waals surface area (Å²) in [4.78, 5) is 9.63. The van der Waals surface area contributed by atoms with Gasteiger partial charge >= 0.3 is 0 Å². The SMILES string of the molecule is C=C(C)C1CCC(C)CC1C(CN)OP(O)(=S)S. The van der Waals surface area contributed by atoms with Crippen molar-refractivity contribution in [3.8, 4) is 0 Å². The highest BCUT2D eigenvalue weighted by molar-refractivity contribution is 8.59. The first-order chi connectivity index (χ1) is 8.24. The molecule has 0 aliphatic heterocycles. The van der Waals surface area contributed by atoms with Gasteiger partial charge in [0, 0.05) is 6.54 Å². The summed E-state index contributed by atoms with van der Waals surface area (Å²) in [6.07, 6.45) is 3.15. The molecule has 0 saturated heterocycles. The van der Waals surface area contributed by atoms with E-state index in [0.29, 0.717) is 18.4 Å². The predicted octanol–water partition coefficient (Wildman–Crippen LogP) is 3.11. The number of hydrogen-bond donors (Lipinski definition) is 3. The highest BCUT2D eigenvalue weighted by atomic mass is 32.9. The molecule has 5 atom stereocenters. The Bertz CT molecular complexity index is 345. The molecule has 6 heteroatoms. The van der Waals surface area contributed by atoms with Crippen molar-refractivity contribution in [2.45, 2.75) is 39.2 Å². The van der Waals surface area contributed by atoms with Crippen molar-refractivity contribution in [1.82, 2.24) is 0 Å². The molecule has 0 bridgehead atoms. The quantitative estimate of drug-likeness (QED) is 0.415. The largest absolute Gasteiger partial charge is 0.338 e. The van der Waals surface area contributed by atoms with Crippen LogP contribution in [-0.4, -0.2) is 17.5 Å². The van der Waals surface area contributed by atoms with Gasteiger partial charge in [-0.3, -0.25) is 0 Å². The van der Waals surface area contributed by atoms with Crippen LogP contribution in [-0.2, 0) is 16.3 Å². The zero-order valence-corrected chi connectivity index (χ0v) is 13.7. The number of hydrogen-bond acceptors (Lipinski definition) is 3. The lowest BCUT2D eigenvalue weighted by Crippen LogP contribution is -2.39. The highest BCUT2D eigenvalue weighted by Crippen LogP contribution is 2.51. The molecule has 0 heterocycles. The maximum absolute atomic E-state index is 9.63. The highest BCUT2D eigenvalue weighted by Gasteiger charge is 2.36. The lowest BCUT2D eigenvalue weighted by Gasteiger charge is -2.40. The summed E-state index contributed by atoms with van der Waals surface area (Å²) >= 11 is 8.81. The van der Waals surface area contributed by atoms with E-state index < -0.39 is 5.69 Å². The van der Waals surface area contributed by atoms with Gasteiger partial charge in [0.05, 0.1) is 6.10 Å². The molecule has 1 aliphatic carbocycles. The van der Waals surface area contributed by atoms with Gasteiger partial charge in [0.1, 0.15) is 0 Å². The van der Waals surface area contributed by atoms with Crippen molar-refractivity contribution in [1.29, 1.82) is 0 Å². The van der Waals surface area contributed by atoms with Crippen LogP contribution in [0, 0.1) is 17.8 Å². The Morgan fingerprint density at radius 1 is 1.67 bits per heavy atom. The van der Waals surface area contributed by atoms with E-state index in [4.69, 9.17) is 22.1 Å². The van der Waals surface area contributed by atoms with Crippen molar-refractivity contribution >= 4 is 29.7 Å². The summed E-state index contributed by atoms with van der Waals surface area (Å²) in [6.45, 7) is 8.73. The van der Waals surface area contributed by atoms with Crippen molar-refractivity contribution in [3.05, 3.63) is 12.2 Å². The molecule has 3 nitrogen and oxygen atoms in total. The van der Waals surface area contributed by atoms with Gasteiger partial charge in [-0.25, -0.2) is 0 Å². The van der Waals surface area contributed by atoms with Crippen molar-refractivity contribution in [3.63, 3.8) is 0 Å². The zero-order chi connectivity index (χ0) is 13.9. The third-order valence-electron chi connectivity index (χ3n) is 3.78. The van der Waals surface area contributed by atoms with Crippen molar-refractivity contribution < 1.29 is 9.42 Å². The number of thiol groups is 1. The second-order valence-electron chi connectivity index (χ2n) is 5.41. The van der Waals surface area contributed by atoms with Gasteiger partial charge < -0.3 is 15.2 Å². The molecule has 0 aromatic carbocycles. The minimum absolute atomic E-state index is 0.220. The summed E-state index contributed by atoms with van der Waals surface area (Å²) in [7, 11) is 0. The van der Waals surface area contributed by atoms with Gasteiger partial charge in [-0.1, -0.05) is 37.7 Å². The second kappa shape index (κ2) is 6.87. The first-order valence-electron chi connectivity index (χ1n) is 6.34. The summed E-state index contributed by atoms with van der Waals surface area (Å²) in [5.41, 5.74) is 3.99. The van der Waals surface area contributed by atoms with Crippen molar-refractivity contribution in [2.24, 2.45) is 23.5 Å². The fraction of sp³-hybridized carbons (Fsp3) is 0.833. The van der Waals surface area contributed by atoms with Gasteiger partial charge in [0.15, 0.2) is 0 Å². The van der Waals surface area contributed by atoms with E-state index in [0.717, 1.165) is 12.8 Å². The molecule has 106 valence electrons. The molecule has 0 aromatic rings. The average molecular weight is 309 g/mol. The maximum atomic E-state index is 9.63. The van der Waals surface area contributed by atoms with E-state index in [2.05, 4.69) is 32.7 Å². The lowest BCUT2D eigenvalue weighted by molar-refractivity contribution is 0.0724. The summed E-state index contributed by atoms with van der Waals surface area (Å²) in [5, 5.41) is 0. The van der Waals surface area contributed by atoms with E-state index in [1.807, 2.05) is 0 Å². The van der Waals surface area contributed by atoms with Gasteiger partial charge in [-0.2, -0.15) is 0 Å². The lowest BCUT2D eigenvalue weighted by atomic mass is 9.70. The Labute approximate surface area is 121 Å². The minimum atomic E-state index is -2.96. The molecular weight excluding hydrogens is 285 g/mol. The van der Waals surface area contributed by atoms with E-state index in [-0.39, 0.29) is 12.0 Å². The van der Waals surface area contributed by atoms with Crippen LogP contribution in [0.3, 0.4) is 0 Å². The first-order valence-corrected chi connectivity index (χ1v) is 10.2. The zero-order valence-electron chi connectivity index (χ0n) is 11.1. The van der Waals surface area contributed by atoms with Crippen LogP contribution in [0.4, 0.5) is 0 Å². The maximum Gasteiger partial charge on any atom is 0.241 e. The normalized spacial score (nSPS) is 33.7. The van der Waals surface area contributed by atoms with Gasteiger partial charge in [-0.05, 0) is 49.3 Å². The molecule has 1 aliphatic rings. The molecule has 3 N–H and O–H groups in total. The number of rotatable bonds is 5. The third-order valence-corrected chi connectivity index (χ3v) is 4.86. The topological polar surface area (TPSA) is 55.5 Å². The standard InChI is InChI=1S/C12H24NO2PS2/c1-8(2)10-5-4-9(3)6-11(10)12(7-13)15-16(14,17)18/h9-12H,1,4-7,13H2,2-3H3,(H2,14,17,18). The fourth-order valence-electron chi connectivity index (χ4n) is 2.92. The van der Waals surface area contributed by atoms with Crippen LogP contribution in [0.1, 0.15) is 33.1 Å². The molecule has 0 aromatic heterocycles. The van der Waals surface area contributed by atoms with Gasteiger partial charge in [0.2, 0.25) is 5.69 Å². The molecule has 1 rings (SSSR count). The second-order valence-corrected chi connectivity index (χ2v) is 10.5. The molecule has 18 heavy (non-hydrogen) atoms. The van der Waals surface area contributed by atoms with Gasteiger partial charge in [-0.15, -0.1) is 0 Å². The monoisotopic (exact) mass is 309 g/mol. The van der Waals surface area contributed by atoms with E-state index in [9.17, 15) is 4.89 Å². The van der Waals surface area contributed by atoms with Crippen LogP contribution < -0.4 is 5.73 Å². The number of nitrogens with two attached hydrogens (primary N) is 1. The molecular formula is C12H24NO2PS2. The molecule has 5 unspecified atom stereocenters. The van der Waals surface area contributed by atoms with Crippen LogP contribution in [0.5, 0.6) is 0 Å². The van der Waals surface area contributed by atoms with Crippen LogP contribution >= 0.6 is 17.9 Å². The Morgan fingerprint density at radius 3 is 2.72 bits per heavy atom. The summed E-state index contributed by atoms with van der Waals surface area (Å²) in [5.74, 6) is 1.35. The van der Waals surface area contributed by atoms with E-state index in [1.165, 1.54) is 12.0 Å².